The first kappa shape index (κ1) is 15.2. The van der Waals surface area contributed by atoms with Gasteiger partial charge in [-0.15, -0.1) is 11.3 Å². The number of hydrogen-bond donors (Lipinski definition) is 3. The van der Waals surface area contributed by atoms with Crippen molar-refractivity contribution in [1.29, 1.82) is 0 Å². The van der Waals surface area contributed by atoms with Crippen LogP contribution in [0.25, 0.3) is 11.3 Å². The molecule has 1 amide bonds. The van der Waals surface area contributed by atoms with Gasteiger partial charge in [0.15, 0.2) is 5.13 Å². The SMILES string of the molecule is COC(=O)c1cc(-c2csc(NC(=O)C(C)(C)N)n2)c[nH]1. The van der Waals surface area contributed by atoms with Crippen LogP contribution < -0.4 is 11.1 Å². The van der Waals surface area contributed by atoms with E-state index in [1.165, 1.54) is 18.4 Å². The Kier molecular flexibility index (Phi) is 4.10. The zero-order valence-corrected chi connectivity index (χ0v) is 12.7. The van der Waals surface area contributed by atoms with Gasteiger partial charge in [0, 0.05) is 17.1 Å². The van der Waals surface area contributed by atoms with Crippen molar-refractivity contribution in [3.05, 3.63) is 23.3 Å². The van der Waals surface area contributed by atoms with Gasteiger partial charge in [0.25, 0.3) is 0 Å². The molecular weight excluding hydrogens is 292 g/mol. The smallest absolute Gasteiger partial charge is 0.354 e. The van der Waals surface area contributed by atoms with E-state index >= 15 is 0 Å². The Labute approximate surface area is 125 Å². The number of hydrogen-bond acceptors (Lipinski definition) is 6. The highest BCUT2D eigenvalue weighted by Crippen LogP contribution is 2.26. The molecule has 0 aromatic carbocycles. The summed E-state index contributed by atoms with van der Waals surface area (Å²) < 4.78 is 4.62. The zero-order valence-electron chi connectivity index (χ0n) is 11.9. The van der Waals surface area contributed by atoms with Gasteiger partial charge < -0.3 is 20.8 Å². The Balaban J connectivity index is 2.15. The summed E-state index contributed by atoms with van der Waals surface area (Å²) in [6.07, 6.45) is 1.65. The fourth-order valence-corrected chi connectivity index (χ4v) is 2.21. The molecule has 2 aromatic heterocycles. The number of nitrogens with two attached hydrogens (primary N) is 1. The number of nitrogens with zero attached hydrogens (tertiary/aromatic N) is 1. The van der Waals surface area contributed by atoms with Gasteiger partial charge in [-0.2, -0.15) is 0 Å². The van der Waals surface area contributed by atoms with Crippen LogP contribution in [0.3, 0.4) is 0 Å². The van der Waals surface area contributed by atoms with Crippen molar-refractivity contribution in [2.45, 2.75) is 19.4 Å². The summed E-state index contributed by atoms with van der Waals surface area (Å²) in [6, 6.07) is 1.64. The van der Waals surface area contributed by atoms with Gasteiger partial charge in [-0.1, -0.05) is 0 Å². The fraction of sp³-hybridized carbons (Fsp3) is 0.308. The van der Waals surface area contributed by atoms with Crippen LogP contribution in [0.4, 0.5) is 5.13 Å². The molecule has 0 spiro atoms. The number of nitrogens with one attached hydrogen (secondary N) is 2. The van der Waals surface area contributed by atoms with Crippen LogP contribution >= 0.6 is 11.3 Å². The van der Waals surface area contributed by atoms with Crippen LogP contribution in [-0.2, 0) is 9.53 Å². The van der Waals surface area contributed by atoms with Gasteiger partial charge in [0.2, 0.25) is 5.91 Å². The van der Waals surface area contributed by atoms with Crippen LogP contribution in [0.5, 0.6) is 0 Å². The molecule has 2 rings (SSSR count). The summed E-state index contributed by atoms with van der Waals surface area (Å²) in [5.74, 6) is -0.761. The number of carbonyl (C=O) groups excluding carboxylic acids is 2. The Morgan fingerprint density at radius 3 is 2.81 bits per heavy atom. The van der Waals surface area contributed by atoms with Crippen molar-refractivity contribution in [3.8, 4) is 11.3 Å². The highest BCUT2D eigenvalue weighted by atomic mass is 32.1. The summed E-state index contributed by atoms with van der Waals surface area (Å²) in [5.41, 5.74) is 6.46. The Morgan fingerprint density at radius 1 is 1.48 bits per heavy atom. The van der Waals surface area contributed by atoms with Gasteiger partial charge in [0.1, 0.15) is 5.69 Å². The lowest BCUT2D eigenvalue weighted by atomic mass is 10.1. The molecule has 0 saturated heterocycles. The normalized spacial score (nSPS) is 11.2. The molecular formula is C13H16N4O3S. The molecule has 112 valence electrons. The third-order valence-corrected chi connectivity index (χ3v) is 3.45. The molecule has 21 heavy (non-hydrogen) atoms. The second-order valence-electron chi connectivity index (χ2n) is 5.01. The molecule has 4 N–H and O–H groups in total. The van der Waals surface area contributed by atoms with Crippen molar-refractivity contribution in [2.24, 2.45) is 5.73 Å². The van der Waals surface area contributed by atoms with Gasteiger partial charge in [-0.25, -0.2) is 9.78 Å². The highest BCUT2D eigenvalue weighted by Gasteiger charge is 2.23. The molecule has 0 fully saturated rings. The number of aromatic nitrogens is 2. The third kappa shape index (κ3) is 3.47. The highest BCUT2D eigenvalue weighted by molar-refractivity contribution is 7.14. The lowest BCUT2D eigenvalue weighted by Crippen LogP contribution is -2.45. The summed E-state index contributed by atoms with van der Waals surface area (Å²) in [5, 5.41) is 4.89. The molecule has 0 saturated carbocycles. The van der Waals surface area contributed by atoms with Crippen molar-refractivity contribution in [3.63, 3.8) is 0 Å². The van der Waals surface area contributed by atoms with Crippen LogP contribution in [0.1, 0.15) is 24.3 Å². The second-order valence-corrected chi connectivity index (χ2v) is 5.87. The van der Waals surface area contributed by atoms with Crippen LogP contribution in [-0.4, -0.2) is 34.5 Å². The topological polar surface area (TPSA) is 110 Å². The molecule has 0 aliphatic heterocycles. The largest absolute Gasteiger partial charge is 0.464 e. The summed E-state index contributed by atoms with van der Waals surface area (Å²) in [6.45, 7) is 3.23. The van der Waals surface area contributed by atoms with E-state index in [1.54, 1.807) is 31.5 Å². The predicted molar refractivity (Wildman–Crippen MR) is 80.1 cm³/mol. The van der Waals surface area contributed by atoms with Crippen LogP contribution in [0.15, 0.2) is 17.6 Å². The number of rotatable bonds is 4. The summed E-state index contributed by atoms with van der Waals surface area (Å²) >= 11 is 1.28. The third-order valence-electron chi connectivity index (χ3n) is 2.69. The number of methoxy groups -OCH3 is 1. The van der Waals surface area contributed by atoms with Crippen LogP contribution in [0, 0.1) is 0 Å². The number of thiazole rings is 1. The minimum absolute atomic E-state index is 0.312. The van der Waals surface area contributed by atoms with Crippen molar-refractivity contribution < 1.29 is 14.3 Å². The van der Waals surface area contributed by atoms with E-state index < -0.39 is 11.5 Å². The maximum absolute atomic E-state index is 11.8. The van der Waals surface area contributed by atoms with E-state index in [9.17, 15) is 9.59 Å². The number of aromatic amines is 1. The standard InChI is InChI=1S/C13H16N4O3S/c1-13(2,14)11(19)17-12-16-9(6-21-12)7-4-8(15-5-7)10(18)20-3/h4-6,15H,14H2,1-3H3,(H,16,17,19). The maximum Gasteiger partial charge on any atom is 0.354 e. The maximum atomic E-state index is 11.8. The van der Waals surface area contributed by atoms with Crippen LogP contribution in [0.2, 0.25) is 0 Å². The van der Waals surface area contributed by atoms with Crippen molar-refractivity contribution in [1.82, 2.24) is 9.97 Å². The van der Waals surface area contributed by atoms with E-state index in [4.69, 9.17) is 5.73 Å². The fourth-order valence-electron chi connectivity index (χ4n) is 1.49. The van der Waals surface area contributed by atoms with E-state index in [-0.39, 0.29) is 5.91 Å². The van der Waals surface area contributed by atoms with E-state index in [0.717, 1.165) is 5.56 Å². The predicted octanol–water partition coefficient (Wildman–Crippen LogP) is 1.60. The van der Waals surface area contributed by atoms with Crippen molar-refractivity contribution >= 4 is 28.3 Å². The number of H-pyrrole nitrogens is 1. The molecule has 0 unspecified atom stereocenters. The minimum Gasteiger partial charge on any atom is -0.464 e. The second kappa shape index (κ2) is 5.66. The number of carbonyl (C=O) groups is 2. The summed E-state index contributed by atoms with van der Waals surface area (Å²) in [7, 11) is 1.31. The molecule has 0 aliphatic carbocycles. The zero-order chi connectivity index (χ0) is 15.6. The molecule has 0 aliphatic rings. The summed E-state index contributed by atoms with van der Waals surface area (Å²) in [4.78, 5) is 30.3. The monoisotopic (exact) mass is 308 g/mol. The van der Waals surface area contributed by atoms with Gasteiger partial charge in [-0.05, 0) is 19.9 Å². The minimum atomic E-state index is -0.974. The lowest BCUT2D eigenvalue weighted by Gasteiger charge is -2.16. The van der Waals surface area contributed by atoms with E-state index in [2.05, 4.69) is 20.0 Å². The molecule has 2 heterocycles. The van der Waals surface area contributed by atoms with Crippen molar-refractivity contribution in [2.75, 3.05) is 12.4 Å². The molecule has 2 aromatic rings. The van der Waals surface area contributed by atoms with Gasteiger partial charge in [0.05, 0.1) is 18.3 Å². The quantitative estimate of drug-likeness (QED) is 0.743. The molecule has 0 bridgehead atoms. The first-order valence-corrected chi connectivity index (χ1v) is 7.02. The van der Waals surface area contributed by atoms with Gasteiger partial charge >= 0.3 is 5.97 Å². The Hall–Kier alpha value is -2.19. The molecule has 0 radical (unpaired) electrons. The van der Waals surface area contributed by atoms with E-state index in [1.807, 2.05) is 0 Å². The molecule has 0 atom stereocenters. The molecule has 7 nitrogen and oxygen atoms in total. The van der Waals surface area contributed by atoms with Gasteiger partial charge in [-0.3, -0.25) is 4.79 Å². The first-order chi connectivity index (χ1) is 9.81. The number of ether oxygens (including phenoxy) is 1. The number of esters is 1. The van der Waals surface area contributed by atoms with E-state index in [0.29, 0.717) is 16.5 Å². The number of anilines is 1. The average Bonchev–Trinajstić information content (AvgIpc) is 3.04. The first-order valence-electron chi connectivity index (χ1n) is 6.14. The lowest BCUT2D eigenvalue weighted by molar-refractivity contribution is -0.120. The average molecular weight is 308 g/mol. The number of amides is 1. The molecule has 8 heteroatoms. The Morgan fingerprint density at radius 2 is 2.19 bits per heavy atom. The Bertz CT molecular complexity index is 669.